The summed E-state index contributed by atoms with van der Waals surface area (Å²) in [6, 6.07) is -0.596. The number of halogens is 3. The molecule has 0 spiro atoms. The molecule has 0 radical (unpaired) electrons. The third-order valence-corrected chi connectivity index (χ3v) is 3.51. The molecule has 7 heteroatoms. The maximum absolute atomic E-state index is 13.3. The van der Waals surface area contributed by atoms with Gasteiger partial charge < -0.3 is 4.74 Å². The molecule has 0 amide bonds. The van der Waals surface area contributed by atoms with Gasteiger partial charge in [-0.05, 0) is 26.2 Å². The van der Waals surface area contributed by atoms with Crippen molar-refractivity contribution in [2.45, 2.75) is 65.6 Å². The summed E-state index contributed by atoms with van der Waals surface area (Å²) in [4.78, 5) is 0. The Hall–Kier alpha value is -1.53. The Morgan fingerprint density at radius 1 is 1.27 bits per heavy atom. The van der Waals surface area contributed by atoms with Crippen molar-refractivity contribution in [3.63, 3.8) is 0 Å². The second-order valence-corrected chi connectivity index (χ2v) is 5.04. The van der Waals surface area contributed by atoms with E-state index in [4.69, 9.17) is 10.1 Å². The Morgan fingerprint density at radius 2 is 1.91 bits per heavy atom. The van der Waals surface area contributed by atoms with Crippen LogP contribution in [0.4, 0.5) is 13.2 Å². The van der Waals surface area contributed by atoms with Crippen LogP contribution in [0.3, 0.4) is 0 Å². The van der Waals surface area contributed by atoms with Crippen LogP contribution in [0, 0.1) is 5.41 Å². The lowest BCUT2D eigenvalue weighted by Crippen LogP contribution is -2.24. The molecule has 1 aromatic heterocycles. The van der Waals surface area contributed by atoms with Gasteiger partial charge in [0.2, 0.25) is 5.90 Å². The van der Waals surface area contributed by atoms with Gasteiger partial charge in [0.15, 0.2) is 5.69 Å². The number of ether oxygens (including phenoxy) is 1. The number of hydrogen-bond donors (Lipinski definition) is 1. The fourth-order valence-corrected chi connectivity index (χ4v) is 2.60. The van der Waals surface area contributed by atoms with Crippen LogP contribution >= 0.6 is 0 Å². The Bertz CT molecular complexity index is 509. The molecule has 0 fully saturated rings. The second-order valence-electron chi connectivity index (χ2n) is 5.04. The van der Waals surface area contributed by atoms with E-state index in [9.17, 15) is 13.2 Å². The van der Waals surface area contributed by atoms with E-state index in [1.165, 1.54) is 4.68 Å². The highest BCUT2D eigenvalue weighted by Gasteiger charge is 2.39. The molecule has 1 heterocycles. The standard InChI is InChI=1S/C15H24F3N3O/c1-5-9-10-11(6-2)21(20-13(10)15(16,17)18)12(7-3)14(19)22-8-4/h12,19H,5-9H2,1-4H3. The van der Waals surface area contributed by atoms with Gasteiger partial charge in [-0.15, -0.1) is 0 Å². The smallest absolute Gasteiger partial charge is 0.435 e. The van der Waals surface area contributed by atoms with E-state index < -0.39 is 17.9 Å². The maximum Gasteiger partial charge on any atom is 0.435 e. The summed E-state index contributed by atoms with van der Waals surface area (Å²) in [5.74, 6) is -0.0426. The number of rotatable bonds is 7. The zero-order valence-corrected chi connectivity index (χ0v) is 13.5. The fraction of sp³-hybridized carbons (Fsp3) is 0.733. The number of alkyl halides is 3. The summed E-state index contributed by atoms with van der Waals surface area (Å²) in [6.07, 6.45) is -2.64. The molecule has 126 valence electrons. The van der Waals surface area contributed by atoms with Crippen LogP contribution in [0.1, 0.15) is 63.5 Å². The number of nitrogens with one attached hydrogen (secondary N) is 1. The van der Waals surface area contributed by atoms with Crippen LogP contribution in [-0.2, 0) is 23.8 Å². The third kappa shape index (κ3) is 3.81. The molecule has 22 heavy (non-hydrogen) atoms. The molecule has 1 N–H and O–H groups in total. The van der Waals surface area contributed by atoms with Gasteiger partial charge in [0.05, 0.1) is 6.61 Å². The van der Waals surface area contributed by atoms with Crippen LogP contribution in [0.2, 0.25) is 0 Å². The lowest BCUT2D eigenvalue weighted by molar-refractivity contribution is -0.142. The summed E-state index contributed by atoms with van der Waals surface area (Å²) in [7, 11) is 0. The van der Waals surface area contributed by atoms with Gasteiger partial charge in [-0.25, -0.2) is 0 Å². The normalized spacial score (nSPS) is 13.2. The van der Waals surface area contributed by atoms with Gasteiger partial charge in [-0.1, -0.05) is 27.2 Å². The van der Waals surface area contributed by atoms with Crippen molar-refractivity contribution in [3.8, 4) is 0 Å². The molecule has 1 rings (SSSR count). The van der Waals surface area contributed by atoms with E-state index in [1.54, 1.807) is 6.92 Å². The average Bonchev–Trinajstić information content (AvgIpc) is 2.79. The van der Waals surface area contributed by atoms with Crippen molar-refractivity contribution >= 4 is 5.90 Å². The monoisotopic (exact) mass is 319 g/mol. The number of aromatic nitrogens is 2. The van der Waals surface area contributed by atoms with Gasteiger partial charge in [0, 0.05) is 11.3 Å². The molecule has 0 aliphatic heterocycles. The highest BCUT2D eigenvalue weighted by atomic mass is 19.4. The average molecular weight is 319 g/mol. The Kier molecular flexibility index (Phi) is 6.44. The molecule has 0 aliphatic carbocycles. The van der Waals surface area contributed by atoms with Gasteiger partial charge in [-0.2, -0.15) is 18.3 Å². The second kappa shape index (κ2) is 7.65. The number of nitrogens with zero attached hydrogens (tertiary/aromatic N) is 2. The lowest BCUT2D eigenvalue weighted by Gasteiger charge is -2.19. The van der Waals surface area contributed by atoms with Crippen molar-refractivity contribution in [2.24, 2.45) is 0 Å². The van der Waals surface area contributed by atoms with E-state index in [1.807, 2.05) is 20.8 Å². The first kappa shape index (κ1) is 18.5. The van der Waals surface area contributed by atoms with Crippen LogP contribution < -0.4 is 0 Å². The zero-order chi connectivity index (χ0) is 16.9. The fourth-order valence-electron chi connectivity index (χ4n) is 2.60. The van der Waals surface area contributed by atoms with E-state index >= 15 is 0 Å². The Morgan fingerprint density at radius 3 is 2.32 bits per heavy atom. The molecule has 1 unspecified atom stereocenters. The molecule has 0 aliphatic rings. The van der Waals surface area contributed by atoms with Crippen molar-refractivity contribution in [1.82, 2.24) is 9.78 Å². The Labute approximate surface area is 129 Å². The van der Waals surface area contributed by atoms with Crippen molar-refractivity contribution in [3.05, 3.63) is 17.0 Å². The summed E-state index contributed by atoms with van der Waals surface area (Å²) in [5, 5.41) is 11.7. The quantitative estimate of drug-likeness (QED) is 0.599. The molecule has 0 aromatic carbocycles. The topological polar surface area (TPSA) is 50.9 Å². The minimum Gasteiger partial charge on any atom is -0.480 e. The largest absolute Gasteiger partial charge is 0.480 e. The molecule has 0 saturated heterocycles. The molecule has 0 saturated carbocycles. The maximum atomic E-state index is 13.3. The predicted molar refractivity (Wildman–Crippen MR) is 79.3 cm³/mol. The molecular formula is C15H24F3N3O. The molecule has 1 aromatic rings. The van der Waals surface area contributed by atoms with E-state index in [0.717, 1.165) is 0 Å². The van der Waals surface area contributed by atoms with Gasteiger partial charge in [0.25, 0.3) is 0 Å². The highest BCUT2D eigenvalue weighted by molar-refractivity contribution is 5.77. The van der Waals surface area contributed by atoms with Crippen LogP contribution in [-0.4, -0.2) is 22.3 Å². The van der Waals surface area contributed by atoms with Crippen LogP contribution in [0.25, 0.3) is 0 Å². The highest BCUT2D eigenvalue weighted by Crippen LogP contribution is 2.35. The zero-order valence-electron chi connectivity index (χ0n) is 13.5. The first-order valence-electron chi connectivity index (χ1n) is 7.70. The first-order chi connectivity index (χ1) is 10.3. The Balaban J connectivity index is 3.43. The summed E-state index contributed by atoms with van der Waals surface area (Å²) in [6.45, 7) is 7.52. The molecule has 4 nitrogen and oxygen atoms in total. The van der Waals surface area contributed by atoms with Gasteiger partial charge >= 0.3 is 6.18 Å². The minimum absolute atomic E-state index is 0.0426. The summed E-state index contributed by atoms with van der Waals surface area (Å²) >= 11 is 0. The van der Waals surface area contributed by atoms with Crippen molar-refractivity contribution in [1.29, 1.82) is 5.41 Å². The molecular weight excluding hydrogens is 295 g/mol. The van der Waals surface area contributed by atoms with E-state index in [2.05, 4.69) is 5.10 Å². The summed E-state index contributed by atoms with van der Waals surface area (Å²) in [5.41, 5.74) is -0.0281. The minimum atomic E-state index is -4.48. The van der Waals surface area contributed by atoms with Crippen LogP contribution in [0.15, 0.2) is 0 Å². The summed E-state index contributed by atoms with van der Waals surface area (Å²) < 4.78 is 46.3. The van der Waals surface area contributed by atoms with Crippen LogP contribution in [0.5, 0.6) is 0 Å². The third-order valence-electron chi connectivity index (χ3n) is 3.51. The predicted octanol–water partition coefficient (Wildman–Crippen LogP) is 4.38. The lowest BCUT2D eigenvalue weighted by atomic mass is 10.0. The van der Waals surface area contributed by atoms with Crippen molar-refractivity contribution in [2.75, 3.05) is 6.61 Å². The first-order valence-corrected chi connectivity index (χ1v) is 7.70. The van der Waals surface area contributed by atoms with E-state index in [-0.39, 0.29) is 11.5 Å². The van der Waals surface area contributed by atoms with E-state index in [0.29, 0.717) is 38.0 Å². The van der Waals surface area contributed by atoms with Gasteiger partial charge in [0.1, 0.15) is 6.04 Å². The van der Waals surface area contributed by atoms with Crippen molar-refractivity contribution < 1.29 is 17.9 Å². The SMILES string of the molecule is CCCc1c(C(F)(F)F)nn(C(CC)C(=N)OCC)c1CC. The molecule has 1 atom stereocenters. The van der Waals surface area contributed by atoms with Gasteiger partial charge in [-0.3, -0.25) is 10.1 Å². The number of hydrogen-bond acceptors (Lipinski definition) is 3. The molecule has 0 bridgehead atoms.